The van der Waals surface area contributed by atoms with Crippen molar-refractivity contribution < 1.29 is 9.26 Å². The lowest BCUT2D eigenvalue weighted by atomic mass is 10.1. The lowest BCUT2D eigenvalue weighted by Crippen LogP contribution is -2.37. The van der Waals surface area contributed by atoms with Crippen molar-refractivity contribution in [1.29, 1.82) is 0 Å². The molecule has 0 atom stereocenters. The van der Waals surface area contributed by atoms with Crippen molar-refractivity contribution in [2.24, 2.45) is 4.99 Å². The first-order chi connectivity index (χ1) is 13.7. The highest BCUT2D eigenvalue weighted by Gasteiger charge is 2.07. The van der Waals surface area contributed by atoms with Gasteiger partial charge in [0.1, 0.15) is 6.54 Å². The van der Waals surface area contributed by atoms with Crippen LogP contribution in [-0.4, -0.2) is 37.4 Å². The molecule has 0 saturated heterocycles. The molecule has 0 unspecified atom stereocenters. The SMILES string of the molecule is CCNC(=NCc1cc(C(C)C)no1)NCCCCOCCc1ccccc1. The zero-order valence-electron chi connectivity index (χ0n) is 17.4. The van der Waals surface area contributed by atoms with Crippen molar-refractivity contribution in [3.8, 4) is 0 Å². The highest BCUT2D eigenvalue weighted by Crippen LogP contribution is 2.14. The summed E-state index contributed by atoms with van der Waals surface area (Å²) in [4.78, 5) is 4.57. The molecule has 0 amide bonds. The minimum atomic E-state index is 0.364. The molecule has 0 aliphatic carbocycles. The fraction of sp³-hybridized carbons (Fsp3) is 0.545. The van der Waals surface area contributed by atoms with Gasteiger partial charge in [0.05, 0.1) is 12.3 Å². The van der Waals surface area contributed by atoms with E-state index in [4.69, 9.17) is 9.26 Å². The van der Waals surface area contributed by atoms with E-state index in [0.29, 0.717) is 12.5 Å². The molecule has 2 aromatic rings. The summed E-state index contributed by atoms with van der Waals surface area (Å²) in [6.45, 7) is 9.99. The van der Waals surface area contributed by atoms with Gasteiger partial charge in [0, 0.05) is 25.8 Å². The number of ether oxygens (including phenoxy) is 1. The Morgan fingerprint density at radius 2 is 1.96 bits per heavy atom. The third kappa shape index (κ3) is 8.57. The maximum atomic E-state index is 5.73. The summed E-state index contributed by atoms with van der Waals surface area (Å²) < 4.78 is 11.1. The van der Waals surface area contributed by atoms with Crippen LogP contribution in [0.3, 0.4) is 0 Å². The first-order valence-electron chi connectivity index (χ1n) is 10.3. The normalized spacial score (nSPS) is 11.8. The van der Waals surface area contributed by atoms with Crippen LogP contribution in [0, 0.1) is 0 Å². The second-order valence-electron chi connectivity index (χ2n) is 7.05. The van der Waals surface area contributed by atoms with Crippen molar-refractivity contribution in [3.63, 3.8) is 0 Å². The van der Waals surface area contributed by atoms with Gasteiger partial charge in [0.15, 0.2) is 11.7 Å². The molecule has 2 rings (SSSR count). The number of hydrogen-bond acceptors (Lipinski definition) is 4. The largest absolute Gasteiger partial charge is 0.381 e. The van der Waals surface area contributed by atoms with Crippen LogP contribution in [0.1, 0.15) is 56.5 Å². The monoisotopic (exact) mass is 386 g/mol. The lowest BCUT2D eigenvalue weighted by Gasteiger charge is -2.11. The number of aliphatic imine (C=N–C) groups is 1. The number of benzene rings is 1. The molecule has 0 saturated carbocycles. The summed E-state index contributed by atoms with van der Waals surface area (Å²) in [5.41, 5.74) is 2.29. The molecule has 0 radical (unpaired) electrons. The minimum absolute atomic E-state index is 0.364. The van der Waals surface area contributed by atoms with E-state index in [9.17, 15) is 0 Å². The summed E-state index contributed by atoms with van der Waals surface area (Å²) in [7, 11) is 0. The molecule has 1 aromatic heterocycles. The quantitative estimate of drug-likeness (QED) is 0.329. The van der Waals surface area contributed by atoms with Gasteiger partial charge in [-0.25, -0.2) is 4.99 Å². The number of unbranched alkanes of at least 4 members (excludes halogenated alkanes) is 1. The van der Waals surface area contributed by atoms with E-state index in [2.05, 4.69) is 65.8 Å². The van der Waals surface area contributed by atoms with E-state index in [1.165, 1.54) is 5.56 Å². The van der Waals surface area contributed by atoms with Crippen molar-refractivity contribution in [2.45, 2.75) is 52.5 Å². The van der Waals surface area contributed by atoms with Crippen molar-refractivity contribution in [3.05, 3.63) is 53.4 Å². The number of nitrogens with one attached hydrogen (secondary N) is 2. The van der Waals surface area contributed by atoms with Gasteiger partial charge in [-0.05, 0) is 37.7 Å². The van der Waals surface area contributed by atoms with E-state index in [0.717, 1.165) is 63.0 Å². The second kappa shape index (κ2) is 12.9. The summed E-state index contributed by atoms with van der Waals surface area (Å²) >= 11 is 0. The number of nitrogens with zero attached hydrogens (tertiary/aromatic N) is 2. The Balaban J connectivity index is 1.59. The molecule has 0 spiro atoms. The molecule has 6 heteroatoms. The lowest BCUT2D eigenvalue weighted by molar-refractivity contribution is 0.133. The van der Waals surface area contributed by atoms with E-state index in [1.54, 1.807) is 0 Å². The highest BCUT2D eigenvalue weighted by atomic mass is 16.5. The average molecular weight is 387 g/mol. The number of rotatable bonds is 12. The molecule has 2 N–H and O–H groups in total. The van der Waals surface area contributed by atoms with Crippen LogP contribution in [0.4, 0.5) is 0 Å². The van der Waals surface area contributed by atoms with Gasteiger partial charge < -0.3 is 19.9 Å². The van der Waals surface area contributed by atoms with Crippen LogP contribution in [0.15, 0.2) is 45.9 Å². The van der Waals surface area contributed by atoms with Gasteiger partial charge in [0.25, 0.3) is 0 Å². The molecule has 0 aliphatic rings. The van der Waals surface area contributed by atoms with E-state index in [-0.39, 0.29) is 0 Å². The summed E-state index contributed by atoms with van der Waals surface area (Å²) in [5.74, 6) is 1.95. The van der Waals surface area contributed by atoms with Crippen molar-refractivity contribution >= 4 is 5.96 Å². The minimum Gasteiger partial charge on any atom is -0.381 e. The fourth-order valence-corrected chi connectivity index (χ4v) is 2.65. The van der Waals surface area contributed by atoms with Crippen LogP contribution in [0.5, 0.6) is 0 Å². The average Bonchev–Trinajstić information content (AvgIpc) is 3.18. The Labute approximate surface area is 168 Å². The molecule has 28 heavy (non-hydrogen) atoms. The maximum absolute atomic E-state index is 5.73. The molecule has 154 valence electrons. The van der Waals surface area contributed by atoms with Crippen LogP contribution in [0.25, 0.3) is 0 Å². The standard InChI is InChI=1S/C22H34N4O2/c1-4-23-22(25-17-20-16-21(18(2)3)26-28-20)24-13-8-9-14-27-15-12-19-10-6-5-7-11-19/h5-7,10-11,16,18H,4,8-9,12-15,17H2,1-3H3,(H2,23,24,25). The fourth-order valence-electron chi connectivity index (χ4n) is 2.65. The van der Waals surface area contributed by atoms with E-state index < -0.39 is 0 Å². The van der Waals surface area contributed by atoms with Crippen LogP contribution in [-0.2, 0) is 17.7 Å². The topological polar surface area (TPSA) is 71.7 Å². The van der Waals surface area contributed by atoms with Crippen LogP contribution in [0.2, 0.25) is 0 Å². The molecule has 1 heterocycles. The number of aromatic nitrogens is 1. The zero-order chi connectivity index (χ0) is 20.0. The molecule has 0 bridgehead atoms. The Morgan fingerprint density at radius 1 is 1.14 bits per heavy atom. The number of hydrogen-bond donors (Lipinski definition) is 2. The zero-order valence-corrected chi connectivity index (χ0v) is 17.4. The molecular formula is C22H34N4O2. The Hall–Kier alpha value is -2.34. The first-order valence-corrected chi connectivity index (χ1v) is 10.3. The predicted octanol–water partition coefficient (Wildman–Crippen LogP) is 3.89. The molecule has 0 fully saturated rings. The summed E-state index contributed by atoms with van der Waals surface area (Å²) in [6.07, 6.45) is 3.03. The summed E-state index contributed by atoms with van der Waals surface area (Å²) in [5, 5.41) is 10.7. The predicted molar refractivity (Wildman–Crippen MR) is 114 cm³/mol. The highest BCUT2D eigenvalue weighted by molar-refractivity contribution is 5.79. The van der Waals surface area contributed by atoms with Gasteiger partial charge in [-0.3, -0.25) is 0 Å². The second-order valence-corrected chi connectivity index (χ2v) is 7.05. The molecule has 1 aromatic carbocycles. The van der Waals surface area contributed by atoms with Gasteiger partial charge in [-0.2, -0.15) is 0 Å². The molecule has 0 aliphatic heterocycles. The number of guanidine groups is 1. The van der Waals surface area contributed by atoms with E-state index >= 15 is 0 Å². The van der Waals surface area contributed by atoms with Crippen molar-refractivity contribution in [2.75, 3.05) is 26.3 Å². The van der Waals surface area contributed by atoms with Gasteiger partial charge in [-0.15, -0.1) is 0 Å². The summed E-state index contributed by atoms with van der Waals surface area (Å²) in [6, 6.07) is 12.4. The maximum Gasteiger partial charge on any atom is 0.191 e. The Kier molecular flexibility index (Phi) is 10.1. The molecular weight excluding hydrogens is 352 g/mol. The van der Waals surface area contributed by atoms with Crippen LogP contribution >= 0.6 is 0 Å². The Morgan fingerprint density at radius 3 is 2.68 bits per heavy atom. The smallest absolute Gasteiger partial charge is 0.191 e. The third-order valence-electron chi connectivity index (χ3n) is 4.29. The molecule has 6 nitrogen and oxygen atoms in total. The Bertz CT molecular complexity index is 683. The van der Waals surface area contributed by atoms with E-state index in [1.807, 2.05) is 12.1 Å². The third-order valence-corrected chi connectivity index (χ3v) is 4.29. The van der Waals surface area contributed by atoms with Gasteiger partial charge in [-0.1, -0.05) is 49.3 Å². The van der Waals surface area contributed by atoms with Crippen LogP contribution < -0.4 is 10.6 Å². The van der Waals surface area contributed by atoms with Gasteiger partial charge in [0.2, 0.25) is 0 Å². The van der Waals surface area contributed by atoms with Crippen molar-refractivity contribution in [1.82, 2.24) is 15.8 Å². The first kappa shape index (κ1) is 22.0. The van der Waals surface area contributed by atoms with Gasteiger partial charge >= 0.3 is 0 Å².